The summed E-state index contributed by atoms with van der Waals surface area (Å²) in [7, 11) is 0. The number of hydrogen-bond acceptors (Lipinski definition) is 3. The Hall–Kier alpha value is -0.590. The highest BCUT2D eigenvalue weighted by atomic mass is 79.9. The summed E-state index contributed by atoms with van der Waals surface area (Å²) >= 11 is 10.7. The molecule has 3 N–H and O–H groups in total. The minimum absolute atomic E-state index is 0.0764. The minimum atomic E-state index is -0.447. The van der Waals surface area contributed by atoms with Crippen molar-refractivity contribution in [3.05, 3.63) is 63.3 Å². The Morgan fingerprint density at radius 2 is 1.95 bits per heavy atom. The van der Waals surface area contributed by atoms with E-state index in [0.29, 0.717) is 15.8 Å². The number of halogens is 3. The van der Waals surface area contributed by atoms with Gasteiger partial charge in [0.05, 0.1) is 11.1 Å². The molecule has 0 spiro atoms. The average Bonchev–Trinajstić information content (AvgIpc) is 2.48. The summed E-state index contributed by atoms with van der Waals surface area (Å²) in [6.07, 6.45) is 0. The normalized spacial score (nSPS) is 12.4. The van der Waals surface area contributed by atoms with Crippen LogP contribution in [0.2, 0.25) is 5.02 Å². The maximum atomic E-state index is 14.2. The van der Waals surface area contributed by atoms with Crippen molar-refractivity contribution in [2.45, 2.75) is 10.9 Å². The second-order valence-electron chi connectivity index (χ2n) is 4.11. The van der Waals surface area contributed by atoms with E-state index in [1.54, 1.807) is 23.9 Å². The monoisotopic (exact) mass is 374 g/mol. The highest BCUT2D eigenvalue weighted by Gasteiger charge is 2.18. The molecule has 0 fully saturated rings. The van der Waals surface area contributed by atoms with E-state index in [9.17, 15) is 4.39 Å². The molecule has 2 aromatic carbocycles. The molecule has 6 heteroatoms. The van der Waals surface area contributed by atoms with Crippen molar-refractivity contribution in [2.24, 2.45) is 5.84 Å². The number of thioether (sulfide) groups is 1. The summed E-state index contributed by atoms with van der Waals surface area (Å²) < 4.78 is 14.7. The molecule has 0 aliphatic rings. The van der Waals surface area contributed by atoms with Crippen molar-refractivity contribution in [3.8, 4) is 0 Å². The SMILES string of the molecule is NNC(CSc1ccccc1)c1ccc(Br)c(Cl)c1F. The first kappa shape index (κ1) is 15.8. The van der Waals surface area contributed by atoms with E-state index in [4.69, 9.17) is 17.4 Å². The van der Waals surface area contributed by atoms with Crippen LogP contribution in [-0.4, -0.2) is 5.75 Å². The van der Waals surface area contributed by atoms with Gasteiger partial charge >= 0.3 is 0 Å². The van der Waals surface area contributed by atoms with E-state index in [-0.39, 0.29) is 11.1 Å². The molecule has 0 aliphatic carbocycles. The lowest BCUT2D eigenvalue weighted by atomic mass is 10.1. The van der Waals surface area contributed by atoms with E-state index < -0.39 is 5.82 Å². The van der Waals surface area contributed by atoms with Gasteiger partial charge in [0, 0.05) is 20.7 Å². The fourth-order valence-corrected chi connectivity index (χ4v) is 3.20. The van der Waals surface area contributed by atoms with Crippen LogP contribution >= 0.6 is 39.3 Å². The first-order valence-electron chi connectivity index (χ1n) is 5.91. The average molecular weight is 376 g/mol. The summed E-state index contributed by atoms with van der Waals surface area (Å²) in [6.45, 7) is 0. The van der Waals surface area contributed by atoms with E-state index in [1.807, 2.05) is 30.3 Å². The molecule has 106 valence electrons. The summed E-state index contributed by atoms with van der Waals surface area (Å²) in [6, 6.07) is 13.0. The number of hydrogen-bond donors (Lipinski definition) is 2. The molecule has 2 rings (SSSR count). The molecule has 0 heterocycles. The van der Waals surface area contributed by atoms with Gasteiger partial charge in [0.1, 0.15) is 5.82 Å². The minimum Gasteiger partial charge on any atom is -0.271 e. The third-order valence-corrected chi connectivity index (χ3v) is 5.17. The zero-order valence-corrected chi connectivity index (χ0v) is 13.6. The molecule has 0 aromatic heterocycles. The molecule has 0 aliphatic heterocycles. The van der Waals surface area contributed by atoms with E-state index in [1.165, 1.54) is 0 Å². The summed E-state index contributed by atoms with van der Waals surface area (Å²) in [4.78, 5) is 1.11. The molecule has 0 bridgehead atoms. The predicted molar refractivity (Wildman–Crippen MR) is 86.3 cm³/mol. The van der Waals surface area contributed by atoms with Gasteiger partial charge < -0.3 is 0 Å². The van der Waals surface area contributed by atoms with Crippen molar-refractivity contribution in [3.63, 3.8) is 0 Å². The molecule has 0 radical (unpaired) electrons. The van der Waals surface area contributed by atoms with Crippen LogP contribution in [0.5, 0.6) is 0 Å². The lowest BCUT2D eigenvalue weighted by Gasteiger charge is -2.17. The van der Waals surface area contributed by atoms with Gasteiger partial charge in [0.25, 0.3) is 0 Å². The molecule has 0 saturated carbocycles. The van der Waals surface area contributed by atoms with E-state index in [2.05, 4.69) is 21.4 Å². The molecule has 20 heavy (non-hydrogen) atoms. The fraction of sp³-hybridized carbons (Fsp3) is 0.143. The molecule has 2 nitrogen and oxygen atoms in total. The number of nitrogens with two attached hydrogens (primary N) is 1. The second kappa shape index (κ2) is 7.43. The van der Waals surface area contributed by atoms with Crippen LogP contribution in [0.3, 0.4) is 0 Å². The molecule has 1 unspecified atom stereocenters. The summed E-state index contributed by atoms with van der Waals surface area (Å²) in [5.41, 5.74) is 3.10. The van der Waals surface area contributed by atoms with Crippen LogP contribution in [0.1, 0.15) is 11.6 Å². The standard InChI is InChI=1S/C14H13BrClFN2S/c15-11-7-6-10(14(17)13(11)16)12(19-18)8-20-9-4-2-1-3-5-9/h1-7,12,19H,8,18H2. The Kier molecular flexibility index (Phi) is 5.86. The van der Waals surface area contributed by atoms with Gasteiger partial charge in [-0.2, -0.15) is 0 Å². The lowest BCUT2D eigenvalue weighted by molar-refractivity contribution is 0.546. The van der Waals surface area contributed by atoms with Crippen molar-refractivity contribution in [1.29, 1.82) is 0 Å². The first-order chi connectivity index (χ1) is 9.63. The number of benzene rings is 2. The van der Waals surface area contributed by atoms with Gasteiger partial charge in [-0.1, -0.05) is 35.9 Å². The van der Waals surface area contributed by atoms with Gasteiger partial charge in [-0.3, -0.25) is 11.3 Å². The van der Waals surface area contributed by atoms with Crippen LogP contribution in [0, 0.1) is 5.82 Å². The fourth-order valence-electron chi connectivity index (χ4n) is 1.73. The van der Waals surface area contributed by atoms with Crippen molar-refractivity contribution >= 4 is 39.3 Å². The maximum Gasteiger partial charge on any atom is 0.147 e. The number of hydrazine groups is 1. The largest absolute Gasteiger partial charge is 0.271 e. The Labute approximate surface area is 135 Å². The van der Waals surface area contributed by atoms with Crippen LogP contribution in [-0.2, 0) is 0 Å². The van der Waals surface area contributed by atoms with E-state index in [0.717, 1.165) is 4.90 Å². The van der Waals surface area contributed by atoms with Crippen LogP contribution in [0.25, 0.3) is 0 Å². The Morgan fingerprint density at radius 3 is 2.60 bits per heavy atom. The third kappa shape index (κ3) is 3.74. The summed E-state index contributed by atoms with van der Waals surface area (Å²) in [5, 5.41) is 0.0764. The molecule has 0 amide bonds. The molecular formula is C14H13BrClFN2S. The maximum absolute atomic E-state index is 14.2. The Bertz CT molecular complexity index is 583. The van der Waals surface area contributed by atoms with Gasteiger partial charge in [0.15, 0.2) is 0 Å². The highest BCUT2D eigenvalue weighted by Crippen LogP contribution is 2.32. The summed E-state index contributed by atoms with van der Waals surface area (Å²) in [5.74, 6) is 5.70. The smallest absolute Gasteiger partial charge is 0.147 e. The third-order valence-electron chi connectivity index (χ3n) is 2.80. The molecular weight excluding hydrogens is 363 g/mol. The van der Waals surface area contributed by atoms with Crippen LogP contribution < -0.4 is 11.3 Å². The van der Waals surface area contributed by atoms with Gasteiger partial charge in [-0.25, -0.2) is 4.39 Å². The van der Waals surface area contributed by atoms with Gasteiger partial charge in [-0.15, -0.1) is 11.8 Å². The van der Waals surface area contributed by atoms with Gasteiger partial charge in [0.2, 0.25) is 0 Å². The highest BCUT2D eigenvalue weighted by molar-refractivity contribution is 9.10. The van der Waals surface area contributed by atoms with Crippen molar-refractivity contribution in [1.82, 2.24) is 5.43 Å². The Balaban J connectivity index is 2.15. The van der Waals surface area contributed by atoms with E-state index >= 15 is 0 Å². The number of rotatable bonds is 5. The quantitative estimate of drug-likeness (QED) is 0.349. The second-order valence-corrected chi connectivity index (χ2v) is 6.43. The topological polar surface area (TPSA) is 38.0 Å². The van der Waals surface area contributed by atoms with Gasteiger partial charge in [-0.05, 0) is 34.1 Å². The first-order valence-corrected chi connectivity index (χ1v) is 8.06. The van der Waals surface area contributed by atoms with Crippen LogP contribution in [0.15, 0.2) is 51.8 Å². The van der Waals surface area contributed by atoms with Crippen molar-refractivity contribution in [2.75, 3.05) is 5.75 Å². The molecule has 0 saturated heterocycles. The van der Waals surface area contributed by atoms with Crippen molar-refractivity contribution < 1.29 is 4.39 Å². The molecule has 1 atom stereocenters. The molecule has 2 aromatic rings. The van der Waals surface area contributed by atoms with Crippen LogP contribution in [0.4, 0.5) is 4.39 Å². The predicted octanol–water partition coefficient (Wildman–Crippen LogP) is 4.54. The zero-order chi connectivity index (χ0) is 14.5. The Morgan fingerprint density at radius 1 is 1.25 bits per heavy atom. The lowest BCUT2D eigenvalue weighted by Crippen LogP contribution is -2.30. The number of nitrogens with one attached hydrogen (secondary N) is 1. The zero-order valence-electron chi connectivity index (χ0n) is 10.4.